The van der Waals surface area contributed by atoms with Crippen LogP contribution in [0.25, 0.3) is 0 Å². The topological polar surface area (TPSA) is 80.3 Å². The van der Waals surface area contributed by atoms with Crippen molar-refractivity contribution in [3.63, 3.8) is 0 Å². The van der Waals surface area contributed by atoms with Gasteiger partial charge in [-0.05, 0) is 19.9 Å². The second-order valence-electron chi connectivity index (χ2n) is 5.87. The molecule has 0 N–H and O–H groups in total. The highest BCUT2D eigenvalue weighted by atomic mass is 16.5. The SMILES string of the molecule is Cc1ccc(=O)n(CCN2CCN(C(C)c3ncno3)CC2)n1. The highest BCUT2D eigenvalue weighted by Crippen LogP contribution is 2.18. The number of aromatic nitrogens is 4. The Labute approximate surface area is 134 Å². The Hall–Kier alpha value is -2.06. The van der Waals surface area contributed by atoms with Crippen LogP contribution in [0.5, 0.6) is 0 Å². The Morgan fingerprint density at radius 1 is 1.22 bits per heavy atom. The average Bonchev–Trinajstić information content (AvgIpc) is 3.10. The molecular weight excluding hydrogens is 296 g/mol. The van der Waals surface area contributed by atoms with Gasteiger partial charge in [0.25, 0.3) is 5.56 Å². The van der Waals surface area contributed by atoms with Gasteiger partial charge in [0.05, 0.1) is 18.3 Å². The summed E-state index contributed by atoms with van der Waals surface area (Å²) in [4.78, 5) is 20.6. The van der Waals surface area contributed by atoms with Crippen LogP contribution >= 0.6 is 0 Å². The molecule has 8 nitrogen and oxygen atoms in total. The summed E-state index contributed by atoms with van der Waals surface area (Å²) in [6.07, 6.45) is 1.44. The first-order valence-corrected chi connectivity index (χ1v) is 7.91. The molecule has 0 bridgehead atoms. The fraction of sp³-hybridized carbons (Fsp3) is 0.600. The molecule has 2 aromatic rings. The predicted octanol–water partition coefficient (Wildman–Crippen LogP) is 0.314. The number of aryl methyl sites for hydroxylation is 1. The van der Waals surface area contributed by atoms with Crippen molar-refractivity contribution in [2.24, 2.45) is 0 Å². The van der Waals surface area contributed by atoms with Crippen LogP contribution < -0.4 is 5.56 Å². The van der Waals surface area contributed by atoms with Gasteiger partial charge in [-0.25, -0.2) is 4.68 Å². The van der Waals surface area contributed by atoms with E-state index in [0.29, 0.717) is 12.4 Å². The molecular formula is C15H22N6O2. The van der Waals surface area contributed by atoms with Crippen molar-refractivity contribution < 1.29 is 4.52 Å². The molecule has 1 unspecified atom stereocenters. The van der Waals surface area contributed by atoms with Crippen LogP contribution in [-0.4, -0.2) is 62.4 Å². The highest BCUT2D eigenvalue weighted by Gasteiger charge is 2.24. The average molecular weight is 318 g/mol. The number of hydrogen-bond donors (Lipinski definition) is 0. The zero-order valence-corrected chi connectivity index (χ0v) is 13.6. The van der Waals surface area contributed by atoms with E-state index >= 15 is 0 Å². The van der Waals surface area contributed by atoms with E-state index in [4.69, 9.17) is 4.52 Å². The fourth-order valence-corrected chi connectivity index (χ4v) is 2.84. The van der Waals surface area contributed by atoms with E-state index in [1.807, 2.05) is 6.92 Å². The molecule has 8 heteroatoms. The standard InChI is InChI=1S/C15H22N6O2/c1-12-3-4-14(22)21(18-12)10-7-19-5-8-20(9-6-19)13(2)15-16-11-17-23-15/h3-4,11,13H,5-10H2,1-2H3. The zero-order valence-electron chi connectivity index (χ0n) is 13.6. The van der Waals surface area contributed by atoms with Crippen LogP contribution in [0.3, 0.4) is 0 Å². The third-order valence-corrected chi connectivity index (χ3v) is 4.32. The molecule has 0 aromatic carbocycles. The first-order chi connectivity index (χ1) is 11.1. The molecule has 3 heterocycles. The van der Waals surface area contributed by atoms with Crippen LogP contribution in [0.1, 0.15) is 24.6 Å². The second kappa shape index (κ2) is 7.01. The lowest BCUT2D eigenvalue weighted by molar-refractivity contribution is 0.0856. The maximum atomic E-state index is 11.8. The second-order valence-corrected chi connectivity index (χ2v) is 5.87. The lowest BCUT2D eigenvalue weighted by atomic mass is 10.2. The van der Waals surface area contributed by atoms with E-state index in [1.54, 1.807) is 16.8 Å². The quantitative estimate of drug-likeness (QED) is 0.785. The first kappa shape index (κ1) is 15.8. The molecule has 124 valence electrons. The van der Waals surface area contributed by atoms with Crippen molar-refractivity contribution in [2.45, 2.75) is 26.4 Å². The van der Waals surface area contributed by atoms with Crippen LogP contribution in [-0.2, 0) is 6.54 Å². The monoisotopic (exact) mass is 318 g/mol. The summed E-state index contributed by atoms with van der Waals surface area (Å²) in [5.41, 5.74) is 0.821. The fourth-order valence-electron chi connectivity index (χ4n) is 2.84. The van der Waals surface area contributed by atoms with Gasteiger partial charge >= 0.3 is 0 Å². The van der Waals surface area contributed by atoms with Crippen molar-refractivity contribution in [3.05, 3.63) is 40.4 Å². The van der Waals surface area contributed by atoms with Gasteiger partial charge in [0.15, 0.2) is 6.33 Å². The van der Waals surface area contributed by atoms with Crippen LogP contribution in [0.2, 0.25) is 0 Å². The number of piperazine rings is 1. The Morgan fingerprint density at radius 3 is 2.70 bits per heavy atom. The van der Waals surface area contributed by atoms with Gasteiger partial charge in [0.2, 0.25) is 5.89 Å². The van der Waals surface area contributed by atoms with E-state index in [2.05, 4.69) is 32.0 Å². The normalized spacial score (nSPS) is 18.2. The lowest BCUT2D eigenvalue weighted by Crippen LogP contribution is -2.48. The van der Waals surface area contributed by atoms with Crippen LogP contribution in [0.15, 0.2) is 27.8 Å². The molecule has 0 spiro atoms. The van der Waals surface area contributed by atoms with E-state index in [-0.39, 0.29) is 11.6 Å². The van der Waals surface area contributed by atoms with E-state index in [0.717, 1.165) is 38.4 Å². The summed E-state index contributed by atoms with van der Waals surface area (Å²) in [6, 6.07) is 3.46. The molecule has 1 fully saturated rings. The molecule has 1 saturated heterocycles. The van der Waals surface area contributed by atoms with Crippen LogP contribution in [0.4, 0.5) is 0 Å². The van der Waals surface area contributed by atoms with Crippen molar-refractivity contribution in [1.29, 1.82) is 0 Å². The summed E-state index contributed by atoms with van der Waals surface area (Å²) in [5, 5.41) is 7.94. The van der Waals surface area contributed by atoms with Crippen molar-refractivity contribution in [2.75, 3.05) is 32.7 Å². The Kier molecular flexibility index (Phi) is 4.82. The van der Waals surface area contributed by atoms with Gasteiger partial charge in [-0.15, -0.1) is 0 Å². The van der Waals surface area contributed by atoms with Gasteiger partial charge < -0.3 is 4.52 Å². The largest absolute Gasteiger partial charge is 0.338 e. The predicted molar refractivity (Wildman–Crippen MR) is 84.0 cm³/mol. The summed E-state index contributed by atoms with van der Waals surface area (Å²) < 4.78 is 6.69. The van der Waals surface area contributed by atoms with E-state index < -0.39 is 0 Å². The minimum Gasteiger partial charge on any atom is -0.338 e. The summed E-state index contributed by atoms with van der Waals surface area (Å²) in [7, 11) is 0. The molecule has 23 heavy (non-hydrogen) atoms. The van der Waals surface area contributed by atoms with Crippen molar-refractivity contribution in [3.8, 4) is 0 Å². The molecule has 3 rings (SSSR count). The maximum absolute atomic E-state index is 11.8. The van der Waals surface area contributed by atoms with E-state index in [9.17, 15) is 4.79 Å². The molecule has 1 atom stereocenters. The summed E-state index contributed by atoms with van der Waals surface area (Å²) >= 11 is 0. The third kappa shape index (κ3) is 3.83. The molecule has 0 amide bonds. The molecule has 0 saturated carbocycles. The third-order valence-electron chi connectivity index (χ3n) is 4.32. The van der Waals surface area contributed by atoms with Gasteiger partial charge in [0.1, 0.15) is 0 Å². The Balaban J connectivity index is 1.49. The summed E-state index contributed by atoms with van der Waals surface area (Å²) in [6.45, 7) is 9.24. The lowest BCUT2D eigenvalue weighted by Gasteiger charge is -2.36. The summed E-state index contributed by atoms with van der Waals surface area (Å²) in [5.74, 6) is 0.661. The molecule has 0 aliphatic carbocycles. The molecule has 1 aliphatic rings. The van der Waals surface area contributed by atoms with E-state index in [1.165, 1.54) is 6.33 Å². The molecule has 1 aliphatic heterocycles. The minimum atomic E-state index is -0.0424. The molecule has 2 aromatic heterocycles. The number of hydrogen-bond acceptors (Lipinski definition) is 7. The van der Waals surface area contributed by atoms with Crippen molar-refractivity contribution in [1.82, 2.24) is 29.7 Å². The van der Waals surface area contributed by atoms with Gasteiger partial charge in [-0.3, -0.25) is 14.6 Å². The van der Waals surface area contributed by atoms with Gasteiger partial charge in [-0.2, -0.15) is 10.1 Å². The zero-order chi connectivity index (χ0) is 16.2. The highest BCUT2D eigenvalue weighted by molar-refractivity contribution is 4.97. The number of rotatable bonds is 5. The van der Waals surface area contributed by atoms with Gasteiger partial charge in [-0.1, -0.05) is 5.16 Å². The van der Waals surface area contributed by atoms with Crippen LogP contribution in [0, 0.1) is 6.92 Å². The molecule has 0 radical (unpaired) electrons. The smallest absolute Gasteiger partial charge is 0.266 e. The first-order valence-electron chi connectivity index (χ1n) is 7.91. The van der Waals surface area contributed by atoms with Crippen molar-refractivity contribution >= 4 is 0 Å². The van der Waals surface area contributed by atoms with Gasteiger partial charge in [0, 0.05) is 38.8 Å². The minimum absolute atomic E-state index is 0.0424. The number of nitrogens with zero attached hydrogens (tertiary/aromatic N) is 6. The Morgan fingerprint density at radius 2 is 2.00 bits per heavy atom. The Bertz CT molecular complexity index is 676. The maximum Gasteiger partial charge on any atom is 0.266 e.